The molecule has 1 aromatic carbocycles. The fraction of sp³-hybridized carbons (Fsp3) is 0.368. The smallest absolute Gasteiger partial charge is 0.348 e. The van der Waals surface area contributed by atoms with Crippen molar-refractivity contribution in [3.8, 4) is 0 Å². The van der Waals surface area contributed by atoms with Gasteiger partial charge in [-0.3, -0.25) is 14.9 Å². The number of nitro benzene ring substituents is 1. The highest BCUT2D eigenvalue weighted by Crippen LogP contribution is 2.33. The highest BCUT2D eigenvalue weighted by molar-refractivity contribution is 7.14. The summed E-state index contributed by atoms with van der Waals surface area (Å²) in [4.78, 5) is 36.3. The van der Waals surface area contributed by atoms with Gasteiger partial charge in [0, 0.05) is 10.9 Å². The summed E-state index contributed by atoms with van der Waals surface area (Å²) < 4.78 is 5.08. The highest BCUT2D eigenvalue weighted by atomic mass is 32.1. The number of aryl methyl sites for hydroxylation is 1. The van der Waals surface area contributed by atoms with Crippen molar-refractivity contribution in [3.63, 3.8) is 0 Å². The van der Waals surface area contributed by atoms with Gasteiger partial charge < -0.3 is 10.1 Å². The first-order valence-electron chi connectivity index (χ1n) is 8.80. The summed E-state index contributed by atoms with van der Waals surface area (Å²) in [6.07, 6.45) is 4.22. The van der Waals surface area contributed by atoms with E-state index in [4.69, 9.17) is 4.74 Å². The number of nitro groups is 1. The third-order valence-corrected chi connectivity index (χ3v) is 5.89. The Morgan fingerprint density at radius 2 is 2.15 bits per heavy atom. The summed E-state index contributed by atoms with van der Waals surface area (Å²) in [7, 11) is 0. The number of rotatable bonds is 6. The molecule has 1 heterocycles. The van der Waals surface area contributed by atoms with Crippen LogP contribution in [0.4, 0.5) is 11.4 Å². The van der Waals surface area contributed by atoms with Crippen molar-refractivity contribution in [1.29, 1.82) is 0 Å². The van der Waals surface area contributed by atoms with Gasteiger partial charge in [-0.25, -0.2) is 4.79 Å². The maximum absolute atomic E-state index is 12.2. The zero-order valence-electron chi connectivity index (χ0n) is 14.9. The zero-order chi connectivity index (χ0) is 19.4. The maximum Gasteiger partial charge on any atom is 0.348 e. The van der Waals surface area contributed by atoms with E-state index in [1.165, 1.54) is 40.0 Å². The lowest BCUT2D eigenvalue weighted by Gasteiger charge is -2.19. The van der Waals surface area contributed by atoms with Crippen molar-refractivity contribution >= 4 is 34.6 Å². The molecule has 1 aromatic heterocycles. The van der Waals surface area contributed by atoms with Gasteiger partial charge in [0.2, 0.25) is 0 Å². The Labute approximate surface area is 160 Å². The number of hydrogen-bond acceptors (Lipinski definition) is 6. The molecule has 3 rings (SSSR count). The molecule has 0 fully saturated rings. The molecule has 0 saturated heterocycles. The number of carbonyl (C=O) groups excluding carboxylic acids is 2. The molecule has 8 heteroatoms. The lowest BCUT2D eigenvalue weighted by molar-refractivity contribution is -0.383. The van der Waals surface area contributed by atoms with Crippen molar-refractivity contribution in [2.24, 2.45) is 5.92 Å². The van der Waals surface area contributed by atoms with Crippen LogP contribution in [0.1, 0.15) is 39.9 Å². The Kier molecular flexibility index (Phi) is 5.85. The Hall–Kier alpha value is -2.74. The number of nitrogens with zero attached hydrogens (tertiary/aromatic N) is 1. The minimum atomic E-state index is -0.620. The first-order valence-corrected chi connectivity index (χ1v) is 9.61. The SMILES string of the molecule is CC[C@@H]1CCc2sc(C(=O)OCC(=O)Nc3ccccc3[N+](=O)[O-])cc2C1. The van der Waals surface area contributed by atoms with Gasteiger partial charge in [-0.05, 0) is 42.9 Å². The van der Waals surface area contributed by atoms with Crippen molar-refractivity contribution in [3.05, 3.63) is 55.8 Å². The van der Waals surface area contributed by atoms with Gasteiger partial charge in [-0.15, -0.1) is 11.3 Å². The predicted molar refractivity (Wildman–Crippen MR) is 102 cm³/mol. The molecule has 0 aliphatic heterocycles. The number of benzene rings is 1. The quantitative estimate of drug-likeness (QED) is 0.459. The Morgan fingerprint density at radius 1 is 1.37 bits per heavy atom. The molecule has 1 aliphatic rings. The van der Waals surface area contributed by atoms with E-state index in [2.05, 4.69) is 12.2 Å². The largest absolute Gasteiger partial charge is 0.451 e. The van der Waals surface area contributed by atoms with E-state index in [0.29, 0.717) is 10.8 Å². The third kappa shape index (κ3) is 4.51. The number of amides is 1. The second-order valence-electron chi connectivity index (χ2n) is 6.47. The molecule has 0 spiro atoms. The van der Waals surface area contributed by atoms with Crippen LogP contribution >= 0.6 is 11.3 Å². The fourth-order valence-corrected chi connectivity index (χ4v) is 4.28. The van der Waals surface area contributed by atoms with Crippen LogP contribution < -0.4 is 5.32 Å². The van der Waals surface area contributed by atoms with E-state index in [0.717, 1.165) is 25.7 Å². The van der Waals surface area contributed by atoms with Crippen LogP contribution in [0.25, 0.3) is 0 Å². The predicted octanol–water partition coefficient (Wildman–Crippen LogP) is 3.97. The molecule has 0 radical (unpaired) electrons. The van der Waals surface area contributed by atoms with Crippen molar-refractivity contribution in [2.75, 3.05) is 11.9 Å². The average Bonchev–Trinajstić information content (AvgIpc) is 3.09. The molecule has 27 heavy (non-hydrogen) atoms. The molecule has 0 saturated carbocycles. The summed E-state index contributed by atoms with van der Waals surface area (Å²) in [5.41, 5.74) is 1.06. The molecular formula is C19H20N2O5S. The van der Waals surface area contributed by atoms with Crippen molar-refractivity contribution in [1.82, 2.24) is 0 Å². The summed E-state index contributed by atoms with van der Waals surface area (Å²) in [5.74, 6) is -0.506. The van der Waals surface area contributed by atoms with Crippen LogP contribution in [0.5, 0.6) is 0 Å². The Balaban J connectivity index is 1.58. The highest BCUT2D eigenvalue weighted by Gasteiger charge is 2.23. The van der Waals surface area contributed by atoms with Crippen molar-refractivity contribution in [2.45, 2.75) is 32.6 Å². The van der Waals surface area contributed by atoms with Crippen LogP contribution in [0, 0.1) is 16.0 Å². The van der Waals surface area contributed by atoms with Crippen LogP contribution in [0.15, 0.2) is 30.3 Å². The lowest BCUT2D eigenvalue weighted by Crippen LogP contribution is -2.21. The molecule has 1 N–H and O–H groups in total. The fourth-order valence-electron chi connectivity index (χ4n) is 3.18. The van der Waals surface area contributed by atoms with Crippen LogP contribution in [0.2, 0.25) is 0 Å². The minimum absolute atomic E-state index is 0.0701. The number of anilines is 1. The second kappa shape index (κ2) is 8.30. The zero-order valence-corrected chi connectivity index (χ0v) is 15.7. The van der Waals surface area contributed by atoms with Crippen LogP contribution in [0.3, 0.4) is 0 Å². The standard InChI is InChI=1S/C19H20N2O5S/c1-2-12-7-8-16-13(9-12)10-17(27-16)19(23)26-11-18(22)20-14-5-3-4-6-15(14)21(24)25/h3-6,10,12H,2,7-9,11H2,1H3,(H,20,22)/t12-/m1/s1. The molecule has 2 aromatic rings. The number of para-hydroxylation sites is 2. The molecule has 1 amide bonds. The normalized spacial score (nSPS) is 15.7. The van der Waals surface area contributed by atoms with Gasteiger partial charge in [-0.2, -0.15) is 0 Å². The van der Waals surface area contributed by atoms with Gasteiger partial charge in [-0.1, -0.05) is 25.5 Å². The molecule has 0 unspecified atom stereocenters. The van der Waals surface area contributed by atoms with Gasteiger partial charge in [0.15, 0.2) is 6.61 Å². The summed E-state index contributed by atoms with van der Waals surface area (Å²) >= 11 is 1.42. The summed E-state index contributed by atoms with van der Waals surface area (Å²) in [6, 6.07) is 7.67. The molecule has 1 aliphatic carbocycles. The van der Waals surface area contributed by atoms with Gasteiger partial charge in [0.05, 0.1) is 4.92 Å². The lowest BCUT2D eigenvalue weighted by atomic mass is 9.87. The van der Waals surface area contributed by atoms with Crippen molar-refractivity contribution < 1.29 is 19.2 Å². The number of carbonyl (C=O) groups is 2. The van der Waals surface area contributed by atoms with E-state index in [-0.39, 0.29) is 11.4 Å². The average molecular weight is 388 g/mol. The molecule has 0 bridgehead atoms. The van der Waals surface area contributed by atoms with Gasteiger partial charge in [0.1, 0.15) is 10.6 Å². The number of ether oxygens (including phenoxy) is 1. The van der Waals surface area contributed by atoms with Gasteiger partial charge in [0.25, 0.3) is 11.6 Å². The first-order chi connectivity index (χ1) is 13.0. The maximum atomic E-state index is 12.2. The number of thiophene rings is 1. The van der Waals surface area contributed by atoms with Crippen LogP contribution in [-0.2, 0) is 22.4 Å². The minimum Gasteiger partial charge on any atom is -0.451 e. The number of fused-ring (bicyclic) bond motifs is 1. The monoisotopic (exact) mass is 388 g/mol. The van der Waals surface area contributed by atoms with E-state index < -0.39 is 23.4 Å². The Morgan fingerprint density at radius 3 is 2.89 bits per heavy atom. The van der Waals surface area contributed by atoms with Gasteiger partial charge >= 0.3 is 5.97 Å². The second-order valence-corrected chi connectivity index (χ2v) is 7.61. The third-order valence-electron chi connectivity index (χ3n) is 4.67. The Bertz CT molecular complexity index is 877. The molecule has 142 valence electrons. The van der Waals surface area contributed by atoms with E-state index in [9.17, 15) is 19.7 Å². The van der Waals surface area contributed by atoms with E-state index >= 15 is 0 Å². The topological polar surface area (TPSA) is 98.5 Å². The summed E-state index contributed by atoms with van der Waals surface area (Å²) in [5, 5.41) is 13.4. The molecule has 7 nitrogen and oxygen atoms in total. The first kappa shape index (κ1) is 19.0. The number of esters is 1. The number of nitrogens with one attached hydrogen (secondary N) is 1. The number of hydrogen-bond donors (Lipinski definition) is 1. The summed E-state index contributed by atoms with van der Waals surface area (Å²) in [6.45, 7) is 1.68. The molecular weight excluding hydrogens is 368 g/mol. The molecule has 1 atom stereocenters. The van der Waals surface area contributed by atoms with E-state index in [1.807, 2.05) is 6.07 Å². The van der Waals surface area contributed by atoms with Crippen LogP contribution in [-0.4, -0.2) is 23.4 Å². The van der Waals surface area contributed by atoms with E-state index in [1.54, 1.807) is 6.07 Å².